The molecular formula is C15H15N5O3S. The van der Waals surface area contributed by atoms with Crippen molar-refractivity contribution in [1.29, 1.82) is 0 Å². The Bertz CT molecular complexity index is 1010. The van der Waals surface area contributed by atoms with E-state index in [0.717, 1.165) is 0 Å². The molecule has 124 valence electrons. The van der Waals surface area contributed by atoms with Crippen molar-refractivity contribution in [2.45, 2.75) is 11.9 Å². The maximum absolute atomic E-state index is 12.6. The minimum Gasteiger partial charge on any atom is -0.440 e. The average Bonchev–Trinajstić information content (AvgIpc) is 3.13. The molecule has 0 aliphatic heterocycles. The average molecular weight is 345 g/mol. The van der Waals surface area contributed by atoms with Gasteiger partial charge in [-0.05, 0) is 19.1 Å². The van der Waals surface area contributed by atoms with Gasteiger partial charge in [0.2, 0.25) is 5.89 Å². The lowest BCUT2D eigenvalue weighted by atomic mass is 10.3. The van der Waals surface area contributed by atoms with Crippen molar-refractivity contribution in [3.63, 3.8) is 0 Å². The first-order valence-corrected chi connectivity index (χ1v) is 8.93. The normalized spacial score (nSPS) is 13.5. The molecule has 3 heterocycles. The van der Waals surface area contributed by atoms with Crippen LogP contribution >= 0.6 is 0 Å². The number of hydrogen-bond donors (Lipinski definition) is 0. The summed E-state index contributed by atoms with van der Waals surface area (Å²) in [5.41, 5.74) is 0.668. The first-order valence-electron chi connectivity index (χ1n) is 7.01. The van der Waals surface area contributed by atoms with Gasteiger partial charge < -0.3 is 4.42 Å². The number of rotatable bonds is 3. The van der Waals surface area contributed by atoms with Crippen LogP contribution in [0.25, 0.3) is 11.5 Å². The Morgan fingerprint density at radius 2 is 2.17 bits per heavy atom. The van der Waals surface area contributed by atoms with Gasteiger partial charge in [-0.1, -0.05) is 6.07 Å². The third-order valence-corrected chi connectivity index (χ3v) is 4.77. The Kier molecular flexibility index (Phi) is 4.02. The highest BCUT2D eigenvalue weighted by Gasteiger charge is 2.20. The summed E-state index contributed by atoms with van der Waals surface area (Å²) in [7, 11) is -1.20. The zero-order valence-corrected chi connectivity index (χ0v) is 14.1. The van der Waals surface area contributed by atoms with Gasteiger partial charge in [0.25, 0.3) is 0 Å². The number of aryl methyl sites for hydroxylation is 2. The first kappa shape index (κ1) is 16.1. The smallest absolute Gasteiger partial charge is 0.307 e. The second-order valence-corrected chi connectivity index (χ2v) is 7.40. The molecule has 0 N–H and O–H groups in total. The summed E-state index contributed by atoms with van der Waals surface area (Å²) in [6, 6.07) is 4.95. The van der Waals surface area contributed by atoms with Crippen molar-refractivity contribution in [2.75, 3.05) is 6.26 Å². The predicted molar refractivity (Wildman–Crippen MR) is 86.8 cm³/mol. The summed E-state index contributed by atoms with van der Waals surface area (Å²) >= 11 is 0. The molecular weight excluding hydrogens is 330 g/mol. The fraction of sp³-hybridized carbons (Fsp3) is 0.200. The van der Waals surface area contributed by atoms with Crippen LogP contribution in [-0.2, 0) is 16.8 Å². The monoisotopic (exact) mass is 345 g/mol. The summed E-state index contributed by atoms with van der Waals surface area (Å²) in [5, 5.41) is 4.27. The van der Waals surface area contributed by atoms with Gasteiger partial charge in [0.05, 0.1) is 21.5 Å². The molecule has 3 aromatic rings. The summed E-state index contributed by atoms with van der Waals surface area (Å²) in [6.07, 6.45) is 6.16. The van der Waals surface area contributed by atoms with E-state index in [0.29, 0.717) is 11.3 Å². The summed E-state index contributed by atoms with van der Waals surface area (Å²) < 4.78 is 23.5. The van der Waals surface area contributed by atoms with Gasteiger partial charge in [0.1, 0.15) is 10.8 Å². The number of pyridine rings is 1. The van der Waals surface area contributed by atoms with E-state index >= 15 is 0 Å². The van der Waals surface area contributed by atoms with Crippen molar-refractivity contribution in [1.82, 2.24) is 19.7 Å². The van der Waals surface area contributed by atoms with E-state index in [1.54, 1.807) is 49.2 Å². The minimum atomic E-state index is -2.96. The Morgan fingerprint density at radius 3 is 2.79 bits per heavy atom. The fourth-order valence-electron chi connectivity index (χ4n) is 2.07. The molecule has 0 spiro atoms. The SMILES string of the molecule is Cc1oc(-c2cnn(C)c2)nc1C(=O)N=S(C)(=O)c1ccccn1. The number of hydrogen-bond acceptors (Lipinski definition) is 6. The van der Waals surface area contributed by atoms with Crippen LogP contribution in [0.5, 0.6) is 0 Å². The van der Waals surface area contributed by atoms with E-state index < -0.39 is 15.6 Å². The molecule has 9 heteroatoms. The number of carbonyl (C=O) groups excluding carboxylic acids is 1. The number of carbonyl (C=O) groups is 1. The van der Waals surface area contributed by atoms with Gasteiger partial charge in [0.15, 0.2) is 5.69 Å². The van der Waals surface area contributed by atoms with Crippen molar-refractivity contribution < 1.29 is 13.4 Å². The van der Waals surface area contributed by atoms with Crippen LogP contribution in [0.15, 0.2) is 50.6 Å². The summed E-state index contributed by atoms with van der Waals surface area (Å²) in [6.45, 7) is 1.61. The van der Waals surface area contributed by atoms with Crippen LogP contribution in [0.4, 0.5) is 0 Å². The maximum atomic E-state index is 12.6. The predicted octanol–water partition coefficient (Wildman–Crippen LogP) is 2.08. The van der Waals surface area contributed by atoms with Crippen molar-refractivity contribution in [2.24, 2.45) is 11.4 Å². The zero-order chi connectivity index (χ0) is 17.3. The van der Waals surface area contributed by atoms with Crippen LogP contribution in [0.3, 0.4) is 0 Å². The Morgan fingerprint density at radius 1 is 1.38 bits per heavy atom. The quantitative estimate of drug-likeness (QED) is 0.720. The lowest BCUT2D eigenvalue weighted by Gasteiger charge is -2.01. The van der Waals surface area contributed by atoms with Gasteiger partial charge in [0, 0.05) is 25.7 Å². The third-order valence-electron chi connectivity index (χ3n) is 3.23. The van der Waals surface area contributed by atoms with Crippen molar-refractivity contribution in [3.05, 3.63) is 48.2 Å². The molecule has 0 saturated carbocycles. The van der Waals surface area contributed by atoms with E-state index in [2.05, 4.69) is 19.4 Å². The van der Waals surface area contributed by atoms with E-state index in [-0.39, 0.29) is 16.6 Å². The van der Waals surface area contributed by atoms with Crippen LogP contribution in [-0.4, -0.2) is 36.1 Å². The van der Waals surface area contributed by atoms with E-state index in [1.165, 1.54) is 12.5 Å². The number of oxazole rings is 1. The topological polar surface area (TPSA) is 103 Å². The highest BCUT2D eigenvalue weighted by molar-refractivity contribution is 7.93. The van der Waals surface area contributed by atoms with Crippen LogP contribution in [0, 0.1) is 6.92 Å². The van der Waals surface area contributed by atoms with Crippen molar-refractivity contribution in [3.8, 4) is 11.5 Å². The second kappa shape index (κ2) is 6.00. The number of aromatic nitrogens is 4. The number of amides is 1. The van der Waals surface area contributed by atoms with Gasteiger partial charge >= 0.3 is 5.91 Å². The van der Waals surface area contributed by atoms with E-state index in [1.807, 2.05) is 0 Å². The zero-order valence-electron chi connectivity index (χ0n) is 13.3. The molecule has 8 nitrogen and oxygen atoms in total. The van der Waals surface area contributed by atoms with Gasteiger partial charge in [-0.15, -0.1) is 0 Å². The minimum absolute atomic E-state index is 0.0272. The molecule has 0 aromatic carbocycles. The standard InChI is InChI=1S/C15H15N5O3S/c1-10-13(18-15(23-10)11-8-17-20(2)9-11)14(21)19-24(3,22)12-6-4-5-7-16-12/h4-9H,1-3H3. The molecule has 0 aliphatic carbocycles. The Labute approximate surface area is 138 Å². The molecule has 0 fully saturated rings. The van der Waals surface area contributed by atoms with E-state index in [4.69, 9.17) is 4.42 Å². The molecule has 1 unspecified atom stereocenters. The van der Waals surface area contributed by atoms with Gasteiger partial charge in [-0.2, -0.15) is 9.46 Å². The molecule has 1 atom stereocenters. The van der Waals surface area contributed by atoms with Gasteiger partial charge in [-0.3, -0.25) is 9.48 Å². The lowest BCUT2D eigenvalue weighted by molar-refractivity contribution is 0.0999. The number of nitrogens with zero attached hydrogens (tertiary/aromatic N) is 5. The van der Waals surface area contributed by atoms with Gasteiger partial charge in [-0.25, -0.2) is 14.2 Å². The molecule has 3 rings (SSSR count). The molecule has 0 bridgehead atoms. The van der Waals surface area contributed by atoms with Crippen LogP contribution < -0.4 is 0 Å². The van der Waals surface area contributed by atoms with E-state index in [9.17, 15) is 9.00 Å². The lowest BCUT2D eigenvalue weighted by Crippen LogP contribution is -2.06. The molecule has 1 amide bonds. The maximum Gasteiger partial charge on any atom is 0.307 e. The third kappa shape index (κ3) is 3.11. The highest BCUT2D eigenvalue weighted by Crippen LogP contribution is 2.22. The summed E-state index contributed by atoms with van der Waals surface area (Å²) in [5.74, 6) is -0.136. The molecule has 0 saturated heterocycles. The second-order valence-electron chi connectivity index (χ2n) is 5.19. The van der Waals surface area contributed by atoms with Crippen molar-refractivity contribution >= 4 is 15.6 Å². The molecule has 24 heavy (non-hydrogen) atoms. The molecule has 0 aliphatic rings. The Balaban J connectivity index is 1.98. The van der Waals surface area contributed by atoms with Crippen LogP contribution in [0.1, 0.15) is 16.2 Å². The molecule has 3 aromatic heterocycles. The first-order chi connectivity index (χ1) is 11.4. The van der Waals surface area contributed by atoms with Crippen LogP contribution in [0.2, 0.25) is 0 Å². The highest BCUT2D eigenvalue weighted by atomic mass is 32.2. The summed E-state index contributed by atoms with van der Waals surface area (Å²) in [4.78, 5) is 20.5. The molecule has 0 radical (unpaired) electrons. The largest absolute Gasteiger partial charge is 0.440 e. The Hall–Kier alpha value is -2.81. The fourth-order valence-corrected chi connectivity index (χ4v) is 3.15.